The average molecular weight is 338 g/mol. The van der Waals surface area contributed by atoms with Crippen LogP contribution < -0.4 is 4.72 Å². The smallest absolute Gasteiger partial charge is 0.264 e. The zero-order chi connectivity index (χ0) is 14.9. The van der Waals surface area contributed by atoms with Crippen LogP contribution in [0.4, 0.5) is 14.5 Å². The van der Waals surface area contributed by atoms with E-state index in [4.69, 9.17) is 23.2 Å². The first-order chi connectivity index (χ1) is 9.29. The molecule has 0 saturated carbocycles. The number of nitrogens with one attached hydrogen (secondary N) is 1. The molecule has 0 aliphatic rings. The maximum atomic E-state index is 13.5. The molecule has 0 atom stereocenters. The Morgan fingerprint density at radius 3 is 2.30 bits per heavy atom. The second-order valence-corrected chi connectivity index (χ2v) is 6.27. The first kappa shape index (κ1) is 15.0. The summed E-state index contributed by atoms with van der Waals surface area (Å²) in [6, 6.07) is 6.15. The summed E-state index contributed by atoms with van der Waals surface area (Å²) in [6.45, 7) is 0. The Morgan fingerprint density at radius 1 is 0.950 bits per heavy atom. The Hall–Kier alpha value is -1.37. The van der Waals surface area contributed by atoms with Gasteiger partial charge in [-0.25, -0.2) is 17.2 Å². The van der Waals surface area contributed by atoms with Crippen molar-refractivity contribution in [3.05, 3.63) is 58.1 Å². The predicted octanol–water partition coefficient (Wildman–Crippen LogP) is 4.07. The molecule has 1 N–H and O–H groups in total. The zero-order valence-corrected chi connectivity index (χ0v) is 12.0. The van der Waals surface area contributed by atoms with E-state index in [2.05, 4.69) is 4.72 Å². The lowest BCUT2D eigenvalue weighted by Crippen LogP contribution is -2.14. The lowest BCUT2D eigenvalue weighted by atomic mass is 10.3. The van der Waals surface area contributed by atoms with Crippen molar-refractivity contribution in [3.63, 3.8) is 0 Å². The molecule has 0 radical (unpaired) electrons. The number of hydrogen-bond donors (Lipinski definition) is 1. The molecule has 0 amide bonds. The normalized spacial score (nSPS) is 11.4. The summed E-state index contributed by atoms with van der Waals surface area (Å²) in [4.78, 5) is -0.788. The number of rotatable bonds is 3. The fourth-order valence-electron chi connectivity index (χ4n) is 1.45. The number of sulfonamides is 1. The first-order valence-corrected chi connectivity index (χ1v) is 7.46. The fraction of sp³-hybridized carbons (Fsp3) is 0. The second kappa shape index (κ2) is 5.55. The van der Waals surface area contributed by atoms with Crippen LogP contribution >= 0.6 is 23.2 Å². The maximum Gasteiger partial charge on any atom is 0.264 e. The summed E-state index contributed by atoms with van der Waals surface area (Å²) in [6.07, 6.45) is 0. The van der Waals surface area contributed by atoms with Gasteiger partial charge in [0, 0.05) is 0 Å². The third-order valence-corrected chi connectivity index (χ3v) is 4.49. The van der Waals surface area contributed by atoms with Gasteiger partial charge in [-0.3, -0.25) is 4.72 Å². The molecule has 2 aromatic rings. The molecule has 2 rings (SSSR count). The Balaban J connectivity index is 2.40. The fourth-order valence-corrected chi connectivity index (χ4v) is 2.89. The van der Waals surface area contributed by atoms with Crippen LogP contribution in [0.3, 0.4) is 0 Å². The molecule has 0 aliphatic carbocycles. The molecular formula is C12H7Cl2F2NO2S. The molecule has 0 aromatic heterocycles. The number of benzene rings is 2. The van der Waals surface area contributed by atoms with Gasteiger partial charge in [0.05, 0.1) is 15.7 Å². The van der Waals surface area contributed by atoms with Crippen LogP contribution in [0.5, 0.6) is 0 Å². The van der Waals surface area contributed by atoms with Crippen molar-refractivity contribution >= 4 is 38.9 Å². The van der Waals surface area contributed by atoms with Gasteiger partial charge >= 0.3 is 0 Å². The molecule has 106 valence electrons. The molecule has 0 bridgehead atoms. The maximum absolute atomic E-state index is 13.5. The van der Waals surface area contributed by atoms with Gasteiger partial charge < -0.3 is 0 Å². The van der Waals surface area contributed by atoms with Gasteiger partial charge in [-0.2, -0.15) is 0 Å². The largest absolute Gasteiger partial charge is 0.279 e. The summed E-state index contributed by atoms with van der Waals surface area (Å²) in [7, 11) is -4.26. The van der Waals surface area contributed by atoms with E-state index in [-0.39, 0.29) is 15.7 Å². The van der Waals surface area contributed by atoms with Crippen molar-refractivity contribution in [2.45, 2.75) is 4.90 Å². The number of hydrogen-bond acceptors (Lipinski definition) is 2. The van der Waals surface area contributed by atoms with Crippen molar-refractivity contribution in [1.82, 2.24) is 0 Å². The van der Waals surface area contributed by atoms with Crippen LogP contribution in [0, 0.1) is 11.6 Å². The molecule has 0 spiro atoms. The van der Waals surface area contributed by atoms with E-state index in [0.29, 0.717) is 6.07 Å². The minimum atomic E-state index is -4.26. The molecule has 8 heteroatoms. The highest BCUT2D eigenvalue weighted by atomic mass is 35.5. The van der Waals surface area contributed by atoms with E-state index in [1.807, 2.05) is 0 Å². The van der Waals surface area contributed by atoms with Crippen LogP contribution in [-0.2, 0) is 10.0 Å². The molecule has 0 unspecified atom stereocenters. The Kier molecular flexibility index (Phi) is 4.17. The van der Waals surface area contributed by atoms with Gasteiger partial charge in [-0.1, -0.05) is 23.2 Å². The molecule has 0 aliphatic heterocycles. The monoisotopic (exact) mass is 337 g/mol. The van der Waals surface area contributed by atoms with Crippen LogP contribution in [-0.4, -0.2) is 8.42 Å². The van der Waals surface area contributed by atoms with Crippen molar-refractivity contribution in [2.24, 2.45) is 0 Å². The van der Waals surface area contributed by atoms with Gasteiger partial charge in [0.15, 0.2) is 0 Å². The standard InChI is InChI=1S/C12H7Cl2F2NO2S/c13-9-3-2-8(6-10(9)14)17-20(18,19)12-5-7(15)1-4-11(12)16/h1-6,17H. The van der Waals surface area contributed by atoms with E-state index in [1.165, 1.54) is 18.2 Å². The lowest BCUT2D eigenvalue weighted by molar-refractivity contribution is 0.555. The number of anilines is 1. The first-order valence-electron chi connectivity index (χ1n) is 5.22. The highest BCUT2D eigenvalue weighted by Gasteiger charge is 2.20. The van der Waals surface area contributed by atoms with Gasteiger partial charge in [-0.15, -0.1) is 0 Å². The van der Waals surface area contributed by atoms with Crippen LogP contribution in [0.1, 0.15) is 0 Å². The molecule has 0 saturated heterocycles. The van der Waals surface area contributed by atoms with Crippen molar-refractivity contribution in [1.29, 1.82) is 0 Å². The number of halogens is 4. The minimum Gasteiger partial charge on any atom is -0.279 e. The van der Waals surface area contributed by atoms with Gasteiger partial charge in [-0.05, 0) is 36.4 Å². The topological polar surface area (TPSA) is 46.2 Å². The van der Waals surface area contributed by atoms with E-state index < -0.39 is 26.6 Å². The predicted molar refractivity (Wildman–Crippen MR) is 73.6 cm³/mol. The van der Waals surface area contributed by atoms with Gasteiger partial charge in [0.1, 0.15) is 16.5 Å². The van der Waals surface area contributed by atoms with Crippen LogP contribution in [0.2, 0.25) is 10.0 Å². The molecular weight excluding hydrogens is 331 g/mol. The van der Waals surface area contributed by atoms with Gasteiger partial charge in [0.2, 0.25) is 0 Å². The Bertz CT molecular complexity index is 766. The third kappa shape index (κ3) is 3.20. The summed E-state index contributed by atoms with van der Waals surface area (Å²) in [5, 5.41) is 0.373. The molecule has 0 fully saturated rings. The van der Waals surface area contributed by atoms with Crippen molar-refractivity contribution in [2.75, 3.05) is 4.72 Å². The van der Waals surface area contributed by atoms with Crippen LogP contribution in [0.25, 0.3) is 0 Å². The quantitative estimate of drug-likeness (QED) is 0.917. The van der Waals surface area contributed by atoms with E-state index in [9.17, 15) is 17.2 Å². The third-order valence-electron chi connectivity index (χ3n) is 2.35. The van der Waals surface area contributed by atoms with Crippen LogP contribution in [0.15, 0.2) is 41.3 Å². The Labute approximate surface area is 124 Å². The second-order valence-electron chi connectivity index (χ2n) is 3.81. The van der Waals surface area contributed by atoms with E-state index >= 15 is 0 Å². The van der Waals surface area contributed by atoms with E-state index in [0.717, 1.165) is 12.1 Å². The molecule has 3 nitrogen and oxygen atoms in total. The van der Waals surface area contributed by atoms with Crippen molar-refractivity contribution in [3.8, 4) is 0 Å². The highest BCUT2D eigenvalue weighted by Crippen LogP contribution is 2.27. The molecule has 20 heavy (non-hydrogen) atoms. The minimum absolute atomic E-state index is 0.0862. The SMILES string of the molecule is O=S(=O)(Nc1ccc(Cl)c(Cl)c1)c1cc(F)ccc1F. The summed E-state index contributed by atoms with van der Waals surface area (Å²) < 4.78 is 52.6. The zero-order valence-electron chi connectivity index (χ0n) is 9.70. The van der Waals surface area contributed by atoms with E-state index in [1.54, 1.807) is 0 Å². The average Bonchev–Trinajstić information content (AvgIpc) is 2.36. The molecule has 2 aromatic carbocycles. The molecule has 0 heterocycles. The lowest BCUT2D eigenvalue weighted by Gasteiger charge is -2.09. The van der Waals surface area contributed by atoms with Gasteiger partial charge in [0.25, 0.3) is 10.0 Å². The summed E-state index contributed by atoms with van der Waals surface area (Å²) >= 11 is 11.4. The van der Waals surface area contributed by atoms with Crippen molar-refractivity contribution < 1.29 is 17.2 Å². The summed E-state index contributed by atoms with van der Waals surface area (Å²) in [5.74, 6) is -1.92. The highest BCUT2D eigenvalue weighted by molar-refractivity contribution is 7.92. The Morgan fingerprint density at radius 2 is 1.65 bits per heavy atom. The summed E-state index contributed by atoms with van der Waals surface area (Å²) in [5.41, 5.74) is 0.0862.